The molecule has 3 aliphatic rings. The van der Waals surface area contributed by atoms with Crippen LogP contribution in [0, 0.1) is 0 Å². The van der Waals surface area contributed by atoms with E-state index in [0.29, 0.717) is 31.6 Å². The maximum Gasteiger partial charge on any atom is 0.336 e. The Morgan fingerprint density at radius 2 is 2.16 bits per heavy atom. The van der Waals surface area contributed by atoms with E-state index in [1.807, 2.05) is 32.1 Å². The lowest BCUT2D eigenvalue weighted by atomic mass is 9.53. The van der Waals surface area contributed by atoms with Crippen LogP contribution in [0.5, 0.6) is 11.5 Å². The molecule has 2 bridgehead atoms. The Morgan fingerprint density at radius 1 is 1.38 bits per heavy atom. The summed E-state index contributed by atoms with van der Waals surface area (Å²) in [6.45, 7) is 10.7. The minimum absolute atomic E-state index is 0.0597. The van der Waals surface area contributed by atoms with Crippen molar-refractivity contribution < 1.29 is 24.2 Å². The zero-order chi connectivity index (χ0) is 23.1. The highest BCUT2D eigenvalue weighted by atomic mass is 16.6. The molecular weight excluding hydrogens is 406 g/mol. The van der Waals surface area contributed by atoms with Crippen molar-refractivity contribution in [3.8, 4) is 11.5 Å². The first-order valence-electron chi connectivity index (χ1n) is 11.3. The number of Topliss-reactive ketones (excluding diaryl/α,β-unsaturated/α-hetero) is 1. The first-order valence-corrected chi connectivity index (χ1v) is 11.3. The van der Waals surface area contributed by atoms with Gasteiger partial charge in [0.25, 0.3) is 0 Å². The smallest absolute Gasteiger partial charge is 0.336 e. The van der Waals surface area contributed by atoms with Crippen molar-refractivity contribution >= 4 is 11.8 Å². The molecule has 1 aromatic carbocycles. The summed E-state index contributed by atoms with van der Waals surface area (Å²) in [4.78, 5) is 27.7. The number of allylic oxidation sites excluding steroid dienone is 3. The lowest BCUT2D eigenvalue weighted by molar-refractivity contribution is -0.162. The highest BCUT2D eigenvalue weighted by molar-refractivity contribution is 5.89. The van der Waals surface area contributed by atoms with Gasteiger partial charge in [-0.3, -0.25) is 9.69 Å². The number of benzene rings is 1. The highest BCUT2D eigenvalue weighted by Gasteiger charge is 2.69. The fraction of sp³-hybridized carbons (Fsp3) is 0.462. The second-order valence-corrected chi connectivity index (χ2v) is 8.92. The number of ketones is 1. The first-order chi connectivity index (χ1) is 15.3. The van der Waals surface area contributed by atoms with E-state index in [2.05, 4.69) is 11.5 Å². The van der Waals surface area contributed by atoms with E-state index in [1.165, 1.54) is 6.08 Å². The Hall–Kier alpha value is -2.70. The van der Waals surface area contributed by atoms with Gasteiger partial charge in [-0.1, -0.05) is 37.3 Å². The molecule has 170 valence electrons. The van der Waals surface area contributed by atoms with Crippen molar-refractivity contribution in [3.63, 3.8) is 0 Å². The number of likely N-dealkylation sites (tertiary alicyclic amines) is 1. The molecule has 1 aliphatic carbocycles. The number of rotatable bonds is 7. The van der Waals surface area contributed by atoms with Gasteiger partial charge in [-0.2, -0.15) is 0 Å². The summed E-state index contributed by atoms with van der Waals surface area (Å²) in [5, 5.41) is 12.0. The van der Waals surface area contributed by atoms with Gasteiger partial charge in [0, 0.05) is 37.2 Å². The first kappa shape index (κ1) is 22.5. The Balaban J connectivity index is 1.84. The number of carbonyl (C=O) groups excluding carboxylic acids is 2. The van der Waals surface area contributed by atoms with Crippen LogP contribution < -0.4 is 9.47 Å². The van der Waals surface area contributed by atoms with E-state index in [0.717, 1.165) is 17.7 Å². The van der Waals surface area contributed by atoms with E-state index in [1.54, 1.807) is 25.1 Å². The van der Waals surface area contributed by atoms with Gasteiger partial charge in [-0.15, -0.1) is 6.58 Å². The minimum Gasteiger partial charge on any atom is -0.477 e. The lowest BCUT2D eigenvalue weighted by Gasteiger charge is -2.59. The van der Waals surface area contributed by atoms with E-state index >= 15 is 0 Å². The Kier molecular flexibility index (Phi) is 5.86. The van der Waals surface area contributed by atoms with Gasteiger partial charge in [0.05, 0.1) is 11.0 Å². The molecule has 1 N–H and O–H groups in total. The molecule has 6 heteroatoms. The van der Waals surface area contributed by atoms with Crippen LogP contribution in [-0.4, -0.2) is 52.6 Å². The molecule has 2 heterocycles. The number of esters is 1. The average molecular weight is 438 g/mol. The molecule has 0 unspecified atom stereocenters. The molecule has 1 aromatic rings. The summed E-state index contributed by atoms with van der Waals surface area (Å²) >= 11 is 0. The number of hydrogen-bond acceptors (Lipinski definition) is 6. The molecule has 0 amide bonds. The third kappa shape index (κ3) is 3.16. The van der Waals surface area contributed by atoms with Gasteiger partial charge < -0.3 is 14.6 Å². The van der Waals surface area contributed by atoms with Crippen LogP contribution in [0.2, 0.25) is 0 Å². The summed E-state index contributed by atoms with van der Waals surface area (Å²) in [6, 6.07) is 3.50. The fourth-order valence-electron chi connectivity index (χ4n) is 5.80. The number of aliphatic hydroxyl groups is 1. The van der Waals surface area contributed by atoms with Gasteiger partial charge in [0.2, 0.25) is 0 Å². The average Bonchev–Trinajstić information content (AvgIpc) is 3.11. The summed E-state index contributed by atoms with van der Waals surface area (Å²) in [5.74, 6) is 0.115. The van der Waals surface area contributed by atoms with Crippen molar-refractivity contribution in [2.45, 2.75) is 63.2 Å². The molecule has 0 radical (unpaired) electrons. The van der Waals surface area contributed by atoms with Crippen molar-refractivity contribution in [1.29, 1.82) is 0 Å². The number of nitrogens with zero attached hydrogens (tertiary/aromatic N) is 1. The molecule has 6 nitrogen and oxygen atoms in total. The molecule has 0 saturated carbocycles. The largest absolute Gasteiger partial charge is 0.477 e. The normalized spacial score (nSPS) is 30.9. The Bertz CT molecular complexity index is 1010. The summed E-state index contributed by atoms with van der Waals surface area (Å²) in [7, 11) is 0. The molecule has 32 heavy (non-hydrogen) atoms. The monoisotopic (exact) mass is 437 g/mol. The van der Waals surface area contributed by atoms with Gasteiger partial charge in [0.15, 0.2) is 23.4 Å². The van der Waals surface area contributed by atoms with Crippen LogP contribution in [0.1, 0.15) is 44.7 Å². The Labute approximate surface area is 189 Å². The topological polar surface area (TPSA) is 76.1 Å². The van der Waals surface area contributed by atoms with Crippen LogP contribution in [0.4, 0.5) is 0 Å². The number of carbonyl (C=O) groups is 2. The third-order valence-electron chi connectivity index (χ3n) is 7.29. The number of hydrogen-bond donors (Lipinski definition) is 1. The maximum atomic E-state index is 13.1. The zero-order valence-electron chi connectivity index (χ0n) is 19.0. The minimum atomic E-state index is -1.20. The van der Waals surface area contributed by atoms with E-state index in [9.17, 15) is 14.7 Å². The van der Waals surface area contributed by atoms with Crippen LogP contribution in [-0.2, 0) is 21.4 Å². The van der Waals surface area contributed by atoms with Crippen molar-refractivity contribution in [2.75, 3.05) is 13.1 Å². The zero-order valence-corrected chi connectivity index (χ0v) is 19.0. The molecule has 2 aliphatic heterocycles. The van der Waals surface area contributed by atoms with Gasteiger partial charge >= 0.3 is 5.97 Å². The maximum absolute atomic E-state index is 13.1. The predicted molar refractivity (Wildman–Crippen MR) is 122 cm³/mol. The number of ether oxygens (including phenoxy) is 2. The van der Waals surface area contributed by atoms with Crippen LogP contribution in [0.15, 0.2) is 49.1 Å². The molecule has 0 aromatic heterocycles. The van der Waals surface area contributed by atoms with Crippen LogP contribution >= 0.6 is 0 Å². The number of fused-ring (bicyclic) bond motifs is 1. The molecular formula is C26H31NO5. The van der Waals surface area contributed by atoms with E-state index in [-0.39, 0.29) is 17.6 Å². The van der Waals surface area contributed by atoms with Crippen molar-refractivity contribution in [3.05, 3.63) is 60.2 Å². The second kappa shape index (κ2) is 8.34. The van der Waals surface area contributed by atoms with Gasteiger partial charge in [0.1, 0.15) is 0 Å². The molecule has 4 atom stereocenters. The van der Waals surface area contributed by atoms with Crippen LogP contribution in [0.3, 0.4) is 0 Å². The molecule has 1 fully saturated rings. The standard InChI is InChI=1S/C26H31NO5/c1-5-8-9-10-21(29)31-19-12-11-17-16-20-25(4,30)26(13-15-27(20)14-6-2)22(17)23(19)32-24(26)18(28)7-3/h5-6,8-12,20,24,30H,2,7,13-16H2,1,3-4H3/b8-5+,10-9+/t20-,24+,25-,26+/m1/s1. The van der Waals surface area contributed by atoms with Gasteiger partial charge in [-0.25, -0.2) is 4.79 Å². The Morgan fingerprint density at radius 3 is 2.84 bits per heavy atom. The lowest BCUT2D eigenvalue weighted by Crippen LogP contribution is -2.73. The summed E-state index contributed by atoms with van der Waals surface area (Å²) < 4.78 is 11.9. The van der Waals surface area contributed by atoms with Crippen LogP contribution in [0.25, 0.3) is 0 Å². The molecule has 1 saturated heterocycles. The van der Waals surface area contributed by atoms with E-state index in [4.69, 9.17) is 9.47 Å². The predicted octanol–water partition coefficient (Wildman–Crippen LogP) is 3.27. The van der Waals surface area contributed by atoms with Crippen molar-refractivity contribution in [1.82, 2.24) is 4.90 Å². The third-order valence-corrected chi connectivity index (χ3v) is 7.29. The number of piperidine rings is 1. The second-order valence-electron chi connectivity index (χ2n) is 8.92. The SMILES string of the molecule is C=CCN1CC[C@]23c4c(ccc(OC(=O)/C=C/C=C/C)c4O[C@H]2C(=O)CC)C[C@@H]1[C@@]3(C)O. The van der Waals surface area contributed by atoms with E-state index < -0.39 is 23.1 Å². The quantitative estimate of drug-likeness (QED) is 0.232. The van der Waals surface area contributed by atoms with Gasteiger partial charge in [-0.05, 0) is 38.3 Å². The molecule has 4 rings (SSSR count). The summed E-state index contributed by atoms with van der Waals surface area (Å²) in [5.41, 5.74) is -0.224. The van der Waals surface area contributed by atoms with Crippen molar-refractivity contribution in [2.24, 2.45) is 0 Å². The summed E-state index contributed by atoms with van der Waals surface area (Å²) in [6.07, 6.45) is 9.02. The highest BCUT2D eigenvalue weighted by Crippen LogP contribution is 2.62. The fourth-order valence-corrected chi connectivity index (χ4v) is 5.80. The molecule has 1 spiro atoms.